The smallest absolute Gasteiger partial charge is 0.267 e. The molecule has 0 saturated carbocycles. The first-order valence-corrected chi connectivity index (χ1v) is 9.53. The predicted molar refractivity (Wildman–Crippen MR) is 107 cm³/mol. The molecule has 0 radical (unpaired) electrons. The van der Waals surface area contributed by atoms with Crippen LogP contribution in [-0.2, 0) is 4.79 Å². The third kappa shape index (κ3) is 5.86. The maximum absolute atomic E-state index is 12.7. The first-order chi connectivity index (χ1) is 13.1. The van der Waals surface area contributed by atoms with Crippen LogP contribution < -0.4 is 20.1 Å². The van der Waals surface area contributed by atoms with Crippen molar-refractivity contribution in [1.29, 1.82) is 0 Å². The SMILES string of the molecule is CCCCNC(=O)/C(=C/c1cccs1)NC(=O)c1ccc(OC)c(OC)c1. The first-order valence-electron chi connectivity index (χ1n) is 8.65. The number of nitrogens with one attached hydrogen (secondary N) is 2. The number of carbonyl (C=O) groups excluding carboxylic acids is 2. The summed E-state index contributed by atoms with van der Waals surface area (Å²) in [5.74, 6) is 0.261. The quantitative estimate of drug-likeness (QED) is 0.510. The Bertz CT molecular complexity index is 800. The third-order valence-corrected chi connectivity index (χ3v) is 4.60. The number of hydrogen-bond acceptors (Lipinski definition) is 5. The second-order valence-electron chi connectivity index (χ2n) is 5.71. The summed E-state index contributed by atoms with van der Waals surface area (Å²) < 4.78 is 10.4. The fourth-order valence-corrected chi connectivity index (χ4v) is 2.98. The molecule has 2 rings (SSSR count). The van der Waals surface area contributed by atoms with Crippen LogP contribution in [0, 0.1) is 0 Å². The number of unbranched alkanes of at least 4 members (excludes halogenated alkanes) is 1. The Morgan fingerprint density at radius 3 is 2.56 bits per heavy atom. The molecular weight excluding hydrogens is 364 g/mol. The molecule has 0 fully saturated rings. The highest BCUT2D eigenvalue weighted by atomic mass is 32.1. The van der Waals surface area contributed by atoms with Gasteiger partial charge in [0.15, 0.2) is 11.5 Å². The van der Waals surface area contributed by atoms with Gasteiger partial charge >= 0.3 is 0 Å². The van der Waals surface area contributed by atoms with E-state index in [4.69, 9.17) is 9.47 Å². The third-order valence-electron chi connectivity index (χ3n) is 3.78. The van der Waals surface area contributed by atoms with Crippen LogP contribution in [0.4, 0.5) is 0 Å². The Balaban J connectivity index is 2.21. The van der Waals surface area contributed by atoms with Crippen LogP contribution in [0.3, 0.4) is 0 Å². The Hall–Kier alpha value is -2.80. The van der Waals surface area contributed by atoms with Crippen LogP contribution >= 0.6 is 11.3 Å². The Kier molecular flexibility index (Phi) is 7.88. The molecule has 1 heterocycles. The molecule has 0 atom stereocenters. The maximum Gasteiger partial charge on any atom is 0.267 e. The summed E-state index contributed by atoms with van der Waals surface area (Å²) in [6, 6.07) is 8.61. The molecule has 0 aliphatic carbocycles. The van der Waals surface area contributed by atoms with E-state index in [1.807, 2.05) is 24.4 Å². The van der Waals surface area contributed by atoms with Gasteiger partial charge in [-0.3, -0.25) is 9.59 Å². The topological polar surface area (TPSA) is 76.7 Å². The van der Waals surface area contributed by atoms with Gasteiger partial charge in [0, 0.05) is 17.0 Å². The van der Waals surface area contributed by atoms with E-state index in [0.717, 1.165) is 17.7 Å². The van der Waals surface area contributed by atoms with Crippen LogP contribution in [0.5, 0.6) is 11.5 Å². The molecule has 27 heavy (non-hydrogen) atoms. The Morgan fingerprint density at radius 2 is 1.93 bits per heavy atom. The van der Waals surface area contributed by atoms with Crippen molar-refractivity contribution in [3.8, 4) is 11.5 Å². The first kappa shape index (κ1) is 20.5. The molecule has 0 aliphatic heterocycles. The van der Waals surface area contributed by atoms with E-state index in [9.17, 15) is 9.59 Å². The van der Waals surface area contributed by atoms with Gasteiger partial charge in [0.2, 0.25) is 0 Å². The molecule has 0 bridgehead atoms. The molecule has 2 aromatic rings. The van der Waals surface area contributed by atoms with Crippen molar-refractivity contribution >= 4 is 29.2 Å². The van der Waals surface area contributed by atoms with Crippen molar-refractivity contribution in [3.63, 3.8) is 0 Å². The van der Waals surface area contributed by atoms with E-state index in [0.29, 0.717) is 23.6 Å². The van der Waals surface area contributed by atoms with Crippen LogP contribution in [-0.4, -0.2) is 32.6 Å². The summed E-state index contributed by atoms with van der Waals surface area (Å²) in [4.78, 5) is 26.0. The summed E-state index contributed by atoms with van der Waals surface area (Å²) in [6.45, 7) is 2.61. The molecule has 1 aromatic heterocycles. The fourth-order valence-electron chi connectivity index (χ4n) is 2.32. The van der Waals surface area contributed by atoms with Crippen molar-refractivity contribution in [1.82, 2.24) is 10.6 Å². The lowest BCUT2D eigenvalue weighted by Gasteiger charge is -2.12. The lowest BCUT2D eigenvalue weighted by atomic mass is 10.1. The summed E-state index contributed by atoms with van der Waals surface area (Å²) in [6.07, 6.45) is 3.52. The van der Waals surface area contributed by atoms with Crippen molar-refractivity contribution in [3.05, 3.63) is 51.8 Å². The number of carbonyl (C=O) groups is 2. The zero-order valence-corrected chi connectivity index (χ0v) is 16.5. The normalized spacial score (nSPS) is 11.0. The number of benzene rings is 1. The minimum absolute atomic E-state index is 0.202. The van der Waals surface area contributed by atoms with Crippen molar-refractivity contribution in [2.24, 2.45) is 0 Å². The minimum Gasteiger partial charge on any atom is -0.493 e. The molecule has 1 aromatic carbocycles. The van der Waals surface area contributed by atoms with Gasteiger partial charge in [-0.2, -0.15) is 0 Å². The van der Waals surface area contributed by atoms with Gasteiger partial charge in [-0.05, 0) is 42.1 Å². The maximum atomic E-state index is 12.7. The van der Waals surface area contributed by atoms with Gasteiger partial charge in [0.05, 0.1) is 14.2 Å². The zero-order chi connectivity index (χ0) is 19.6. The standard InChI is InChI=1S/C20H24N2O4S/c1-4-5-10-21-20(24)16(13-15-7-6-11-27-15)22-19(23)14-8-9-17(25-2)18(12-14)26-3/h6-9,11-13H,4-5,10H2,1-3H3,(H,21,24)(H,22,23)/b16-13-. The van der Waals surface area contributed by atoms with Crippen molar-refractivity contribution < 1.29 is 19.1 Å². The van der Waals surface area contributed by atoms with Crippen molar-refractivity contribution in [2.45, 2.75) is 19.8 Å². The molecule has 2 N–H and O–H groups in total. The molecule has 0 spiro atoms. The summed E-state index contributed by atoms with van der Waals surface area (Å²) in [5, 5.41) is 7.45. The summed E-state index contributed by atoms with van der Waals surface area (Å²) >= 11 is 1.49. The molecule has 0 aliphatic rings. The average molecular weight is 388 g/mol. The molecular formula is C20H24N2O4S. The number of thiophene rings is 1. The van der Waals surface area contributed by atoms with E-state index >= 15 is 0 Å². The van der Waals surface area contributed by atoms with E-state index in [1.54, 1.807) is 24.3 Å². The van der Waals surface area contributed by atoms with Crippen LogP contribution in [0.15, 0.2) is 41.4 Å². The van der Waals surface area contributed by atoms with Crippen molar-refractivity contribution in [2.75, 3.05) is 20.8 Å². The number of ether oxygens (including phenoxy) is 2. The molecule has 7 heteroatoms. The van der Waals surface area contributed by atoms with Crippen LogP contribution in [0.25, 0.3) is 6.08 Å². The molecule has 6 nitrogen and oxygen atoms in total. The number of methoxy groups -OCH3 is 2. The van der Waals surface area contributed by atoms with Crippen LogP contribution in [0.1, 0.15) is 35.0 Å². The molecule has 2 amide bonds. The Morgan fingerprint density at radius 1 is 1.15 bits per heavy atom. The largest absolute Gasteiger partial charge is 0.493 e. The monoisotopic (exact) mass is 388 g/mol. The number of hydrogen-bond donors (Lipinski definition) is 2. The molecule has 144 valence electrons. The van der Waals surface area contributed by atoms with Crippen LogP contribution in [0.2, 0.25) is 0 Å². The van der Waals surface area contributed by atoms with Gasteiger partial charge in [-0.15, -0.1) is 11.3 Å². The highest BCUT2D eigenvalue weighted by Crippen LogP contribution is 2.27. The zero-order valence-electron chi connectivity index (χ0n) is 15.7. The highest BCUT2D eigenvalue weighted by Gasteiger charge is 2.16. The Labute approximate surface area is 163 Å². The molecule has 0 saturated heterocycles. The predicted octanol–water partition coefficient (Wildman–Crippen LogP) is 3.45. The van der Waals surface area contributed by atoms with E-state index in [2.05, 4.69) is 10.6 Å². The lowest BCUT2D eigenvalue weighted by Crippen LogP contribution is -2.35. The fraction of sp³-hybridized carbons (Fsp3) is 0.300. The highest BCUT2D eigenvalue weighted by molar-refractivity contribution is 7.10. The second kappa shape index (κ2) is 10.4. The van der Waals surface area contributed by atoms with E-state index in [-0.39, 0.29) is 11.6 Å². The number of amides is 2. The summed E-state index contributed by atoms with van der Waals surface area (Å²) in [7, 11) is 3.03. The van der Waals surface area contributed by atoms with E-state index in [1.165, 1.54) is 25.6 Å². The van der Waals surface area contributed by atoms with Gasteiger partial charge in [0.25, 0.3) is 11.8 Å². The van der Waals surface area contributed by atoms with E-state index < -0.39 is 5.91 Å². The average Bonchev–Trinajstić information content (AvgIpc) is 3.20. The van der Waals surface area contributed by atoms with Gasteiger partial charge in [-0.25, -0.2) is 0 Å². The van der Waals surface area contributed by atoms with Gasteiger partial charge < -0.3 is 20.1 Å². The minimum atomic E-state index is -0.399. The summed E-state index contributed by atoms with van der Waals surface area (Å²) in [5.41, 5.74) is 0.569. The van der Waals surface area contributed by atoms with Gasteiger partial charge in [0.1, 0.15) is 5.70 Å². The lowest BCUT2D eigenvalue weighted by molar-refractivity contribution is -0.117. The second-order valence-corrected chi connectivity index (χ2v) is 6.69. The van der Waals surface area contributed by atoms with Gasteiger partial charge in [-0.1, -0.05) is 19.4 Å². The molecule has 0 unspecified atom stereocenters. The number of rotatable bonds is 9.